The molecule has 1 aromatic heterocycles. The summed E-state index contributed by atoms with van der Waals surface area (Å²) in [5.74, 6) is -0.0423. The molecule has 3 N–H and O–H groups in total. The van der Waals surface area contributed by atoms with Gasteiger partial charge in [-0.1, -0.05) is 0 Å². The molecule has 0 spiro atoms. The molecule has 0 aromatic carbocycles. The lowest BCUT2D eigenvalue weighted by molar-refractivity contribution is -0.123. The first-order valence-corrected chi connectivity index (χ1v) is 7.32. The summed E-state index contributed by atoms with van der Waals surface area (Å²) in [6.45, 7) is 3.91. The minimum atomic E-state index is -0.229. The molecule has 0 saturated heterocycles. The average Bonchev–Trinajstić information content (AvgIpc) is 3.05. The number of hydrogen-bond donors (Lipinski definition) is 3. The van der Waals surface area contributed by atoms with Gasteiger partial charge in [0.1, 0.15) is 0 Å². The molecule has 0 aliphatic heterocycles. The summed E-state index contributed by atoms with van der Waals surface area (Å²) in [6, 6.07) is 2.03. The molecule has 1 unspecified atom stereocenters. The Kier molecular flexibility index (Phi) is 4.55. The highest BCUT2D eigenvalue weighted by Crippen LogP contribution is 2.22. The standard InChI is InChI=1S/C13H19N3O2S/c1-8(13(18)16-10-3-4-10)14-7-12-11(5-6-19-12)15-9(2)17/h5-6,8,10,14H,3-4,7H2,1-2H3,(H,15,17)(H,16,18). The summed E-state index contributed by atoms with van der Waals surface area (Å²) in [7, 11) is 0. The van der Waals surface area contributed by atoms with Gasteiger partial charge in [-0.05, 0) is 31.2 Å². The number of amides is 2. The molecule has 1 atom stereocenters. The Morgan fingerprint density at radius 3 is 2.84 bits per heavy atom. The number of thiophene rings is 1. The van der Waals surface area contributed by atoms with Crippen LogP contribution >= 0.6 is 11.3 Å². The Bertz CT molecular complexity index is 468. The van der Waals surface area contributed by atoms with E-state index in [1.54, 1.807) is 11.3 Å². The number of carbonyl (C=O) groups is 2. The van der Waals surface area contributed by atoms with E-state index in [0.717, 1.165) is 23.4 Å². The van der Waals surface area contributed by atoms with Gasteiger partial charge in [-0.25, -0.2) is 0 Å². The molecular weight excluding hydrogens is 262 g/mol. The van der Waals surface area contributed by atoms with Crippen LogP contribution in [0.3, 0.4) is 0 Å². The topological polar surface area (TPSA) is 70.2 Å². The molecule has 19 heavy (non-hydrogen) atoms. The lowest BCUT2D eigenvalue weighted by atomic mass is 10.3. The molecule has 0 bridgehead atoms. The van der Waals surface area contributed by atoms with Gasteiger partial charge in [0.25, 0.3) is 0 Å². The van der Waals surface area contributed by atoms with E-state index in [1.165, 1.54) is 6.92 Å². The molecular formula is C13H19N3O2S. The summed E-state index contributed by atoms with van der Waals surface area (Å²) < 4.78 is 0. The van der Waals surface area contributed by atoms with Crippen molar-refractivity contribution in [2.75, 3.05) is 5.32 Å². The lowest BCUT2D eigenvalue weighted by Crippen LogP contribution is -2.42. The molecule has 1 fully saturated rings. The third-order valence-electron chi connectivity index (χ3n) is 2.94. The van der Waals surface area contributed by atoms with E-state index < -0.39 is 0 Å². The maximum atomic E-state index is 11.8. The van der Waals surface area contributed by atoms with Crippen molar-refractivity contribution in [1.29, 1.82) is 0 Å². The molecule has 0 radical (unpaired) electrons. The normalized spacial score (nSPS) is 15.9. The molecule has 104 valence electrons. The van der Waals surface area contributed by atoms with E-state index in [0.29, 0.717) is 12.6 Å². The third kappa shape index (κ3) is 4.33. The molecule has 2 amide bonds. The number of nitrogens with one attached hydrogen (secondary N) is 3. The Balaban J connectivity index is 1.82. The van der Waals surface area contributed by atoms with Gasteiger partial charge in [-0.2, -0.15) is 0 Å². The maximum absolute atomic E-state index is 11.8. The fourth-order valence-electron chi connectivity index (χ4n) is 1.67. The average molecular weight is 281 g/mol. The molecule has 5 nitrogen and oxygen atoms in total. The summed E-state index contributed by atoms with van der Waals surface area (Å²) in [5, 5.41) is 10.8. The van der Waals surface area contributed by atoms with E-state index in [4.69, 9.17) is 0 Å². The first kappa shape index (κ1) is 14.0. The van der Waals surface area contributed by atoms with Crippen molar-refractivity contribution in [2.24, 2.45) is 0 Å². The highest BCUT2D eigenvalue weighted by molar-refractivity contribution is 7.10. The van der Waals surface area contributed by atoms with Crippen molar-refractivity contribution in [2.45, 2.75) is 45.3 Å². The van der Waals surface area contributed by atoms with Crippen LogP contribution in [0.4, 0.5) is 5.69 Å². The highest BCUT2D eigenvalue weighted by Gasteiger charge is 2.25. The molecule has 1 saturated carbocycles. The van der Waals surface area contributed by atoms with Gasteiger partial charge >= 0.3 is 0 Å². The highest BCUT2D eigenvalue weighted by atomic mass is 32.1. The largest absolute Gasteiger partial charge is 0.352 e. The smallest absolute Gasteiger partial charge is 0.237 e. The molecule has 2 rings (SSSR count). The summed E-state index contributed by atoms with van der Waals surface area (Å²) in [6.07, 6.45) is 2.19. The number of hydrogen-bond acceptors (Lipinski definition) is 4. The van der Waals surface area contributed by atoms with Gasteiger partial charge < -0.3 is 16.0 Å². The first-order chi connectivity index (χ1) is 9.06. The number of rotatable bonds is 6. The van der Waals surface area contributed by atoms with Crippen LogP contribution in [0.2, 0.25) is 0 Å². The van der Waals surface area contributed by atoms with Crippen LogP contribution < -0.4 is 16.0 Å². The SMILES string of the molecule is CC(=O)Nc1ccsc1CNC(C)C(=O)NC1CC1. The predicted octanol–water partition coefficient (Wildman–Crippen LogP) is 1.46. The summed E-state index contributed by atoms with van der Waals surface area (Å²) >= 11 is 1.56. The molecule has 1 heterocycles. The second-order valence-electron chi connectivity index (χ2n) is 4.82. The van der Waals surface area contributed by atoms with Crippen molar-refractivity contribution in [3.05, 3.63) is 16.3 Å². The van der Waals surface area contributed by atoms with Gasteiger partial charge in [0.15, 0.2) is 0 Å². The van der Waals surface area contributed by atoms with Gasteiger partial charge in [-0.3, -0.25) is 9.59 Å². The van der Waals surface area contributed by atoms with Crippen LogP contribution in [0.1, 0.15) is 31.6 Å². The quantitative estimate of drug-likeness (QED) is 0.739. The Hall–Kier alpha value is -1.40. The number of carbonyl (C=O) groups excluding carboxylic acids is 2. The number of anilines is 1. The summed E-state index contributed by atoms with van der Waals surface area (Å²) in [5.41, 5.74) is 0.819. The van der Waals surface area contributed by atoms with E-state index >= 15 is 0 Å². The van der Waals surface area contributed by atoms with Crippen LogP contribution in [-0.4, -0.2) is 23.9 Å². The summed E-state index contributed by atoms with van der Waals surface area (Å²) in [4.78, 5) is 23.9. The fraction of sp³-hybridized carbons (Fsp3) is 0.538. The Morgan fingerprint density at radius 2 is 2.21 bits per heavy atom. The van der Waals surface area contributed by atoms with Crippen molar-refractivity contribution in [1.82, 2.24) is 10.6 Å². The second kappa shape index (κ2) is 6.16. The third-order valence-corrected chi connectivity index (χ3v) is 3.86. The van der Waals surface area contributed by atoms with Gasteiger partial charge in [-0.15, -0.1) is 11.3 Å². The molecule has 1 aliphatic carbocycles. The van der Waals surface area contributed by atoms with Crippen molar-refractivity contribution in [3.63, 3.8) is 0 Å². The Labute approximate surface area is 116 Å². The van der Waals surface area contributed by atoms with Crippen molar-refractivity contribution < 1.29 is 9.59 Å². The zero-order valence-corrected chi connectivity index (χ0v) is 12.0. The van der Waals surface area contributed by atoms with Crippen LogP contribution in [0, 0.1) is 0 Å². The maximum Gasteiger partial charge on any atom is 0.237 e. The van der Waals surface area contributed by atoms with Gasteiger partial charge in [0.05, 0.1) is 11.7 Å². The molecule has 1 aliphatic rings. The van der Waals surface area contributed by atoms with Crippen molar-refractivity contribution >= 4 is 28.8 Å². The van der Waals surface area contributed by atoms with Crippen LogP contribution in [-0.2, 0) is 16.1 Å². The minimum absolute atomic E-state index is 0.0418. The van der Waals surface area contributed by atoms with E-state index in [2.05, 4.69) is 16.0 Å². The fourth-order valence-corrected chi connectivity index (χ4v) is 2.45. The van der Waals surface area contributed by atoms with Gasteiger partial charge in [0.2, 0.25) is 11.8 Å². The van der Waals surface area contributed by atoms with E-state index in [9.17, 15) is 9.59 Å². The van der Waals surface area contributed by atoms with Gasteiger partial charge in [0, 0.05) is 24.4 Å². The van der Waals surface area contributed by atoms with Crippen LogP contribution in [0.25, 0.3) is 0 Å². The molecule has 1 aromatic rings. The molecule has 6 heteroatoms. The first-order valence-electron chi connectivity index (χ1n) is 6.44. The van der Waals surface area contributed by atoms with Crippen LogP contribution in [0.15, 0.2) is 11.4 Å². The lowest BCUT2D eigenvalue weighted by Gasteiger charge is -2.14. The van der Waals surface area contributed by atoms with E-state index in [1.807, 2.05) is 18.4 Å². The minimum Gasteiger partial charge on any atom is -0.352 e. The zero-order chi connectivity index (χ0) is 13.8. The zero-order valence-electron chi connectivity index (χ0n) is 11.2. The van der Waals surface area contributed by atoms with Crippen molar-refractivity contribution in [3.8, 4) is 0 Å². The predicted molar refractivity (Wildman–Crippen MR) is 76.1 cm³/mol. The Morgan fingerprint density at radius 1 is 1.47 bits per heavy atom. The van der Waals surface area contributed by atoms with E-state index in [-0.39, 0.29) is 17.9 Å². The monoisotopic (exact) mass is 281 g/mol. The van der Waals surface area contributed by atoms with Crippen LogP contribution in [0.5, 0.6) is 0 Å². The second-order valence-corrected chi connectivity index (χ2v) is 5.82.